The van der Waals surface area contributed by atoms with E-state index in [1.807, 2.05) is 6.92 Å². The van der Waals surface area contributed by atoms with Crippen LogP contribution in [-0.2, 0) is 10.8 Å². The molecule has 0 amide bonds. The largest absolute Gasteiger partial charge is 0.493 e. The third kappa shape index (κ3) is 2.76. The molecule has 2 bridgehead atoms. The fourth-order valence-corrected chi connectivity index (χ4v) is 5.57. The smallest absolute Gasteiger partial charge is 0.169 e. The Morgan fingerprint density at radius 1 is 1.33 bits per heavy atom. The van der Waals surface area contributed by atoms with E-state index < -0.39 is 16.6 Å². The van der Waals surface area contributed by atoms with Crippen molar-refractivity contribution in [1.29, 1.82) is 0 Å². The molecule has 2 saturated heterocycles. The molecule has 0 N–H and O–H groups in total. The molecular formula is C16H19FO3S. The van der Waals surface area contributed by atoms with Crippen LogP contribution in [0.5, 0.6) is 5.75 Å². The number of carbonyl (C=O) groups excluding carboxylic acids is 1. The second kappa shape index (κ2) is 5.87. The van der Waals surface area contributed by atoms with Crippen LogP contribution in [0.4, 0.5) is 4.39 Å². The summed E-state index contributed by atoms with van der Waals surface area (Å²) in [6.45, 7) is 2.27. The SMILES string of the molecule is CCOc1ccc(F)cc1C(=O)C1CC2CCC(C1)S2=O. The molecule has 0 aromatic heterocycles. The Hall–Kier alpha value is -1.23. The molecule has 0 saturated carbocycles. The minimum atomic E-state index is -0.783. The summed E-state index contributed by atoms with van der Waals surface area (Å²) in [6, 6.07) is 4.09. The molecule has 2 aliphatic rings. The molecule has 0 aliphatic carbocycles. The van der Waals surface area contributed by atoms with Gasteiger partial charge in [0.2, 0.25) is 0 Å². The van der Waals surface area contributed by atoms with Crippen molar-refractivity contribution in [2.75, 3.05) is 6.61 Å². The molecule has 2 aliphatic heterocycles. The highest BCUT2D eigenvalue weighted by Gasteiger charge is 2.43. The predicted octanol–water partition coefficient (Wildman–Crippen LogP) is 3.10. The van der Waals surface area contributed by atoms with Gasteiger partial charge in [0.05, 0.1) is 12.2 Å². The second-order valence-corrected chi connectivity index (χ2v) is 7.75. The lowest BCUT2D eigenvalue weighted by atomic mass is 9.90. The van der Waals surface area contributed by atoms with Gasteiger partial charge in [-0.2, -0.15) is 0 Å². The molecule has 1 aromatic carbocycles. The van der Waals surface area contributed by atoms with Gasteiger partial charge in [0, 0.05) is 27.2 Å². The fourth-order valence-electron chi connectivity index (χ4n) is 3.44. The summed E-state index contributed by atoms with van der Waals surface area (Å²) in [5.74, 6) is -0.195. The summed E-state index contributed by atoms with van der Waals surface area (Å²) in [7, 11) is -0.783. The van der Waals surface area contributed by atoms with Crippen molar-refractivity contribution < 1.29 is 18.1 Å². The van der Waals surface area contributed by atoms with Crippen LogP contribution in [0.1, 0.15) is 43.0 Å². The summed E-state index contributed by atoms with van der Waals surface area (Å²) < 4.78 is 31.0. The molecular weight excluding hydrogens is 291 g/mol. The van der Waals surface area contributed by atoms with Crippen LogP contribution in [0.15, 0.2) is 18.2 Å². The van der Waals surface area contributed by atoms with E-state index in [1.54, 1.807) is 0 Å². The number of Topliss-reactive ketones (excluding diaryl/α,β-unsaturated/α-hetero) is 1. The van der Waals surface area contributed by atoms with Crippen molar-refractivity contribution in [3.63, 3.8) is 0 Å². The van der Waals surface area contributed by atoms with Crippen molar-refractivity contribution in [2.24, 2.45) is 5.92 Å². The van der Waals surface area contributed by atoms with E-state index in [2.05, 4.69) is 0 Å². The van der Waals surface area contributed by atoms with E-state index in [-0.39, 0.29) is 22.2 Å². The fraction of sp³-hybridized carbons (Fsp3) is 0.562. The van der Waals surface area contributed by atoms with Gasteiger partial charge in [-0.3, -0.25) is 9.00 Å². The molecule has 3 rings (SSSR count). The predicted molar refractivity (Wildman–Crippen MR) is 79.6 cm³/mol. The number of rotatable bonds is 4. The van der Waals surface area contributed by atoms with E-state index >= 15 is 0 Å². The van der Waals surface area contributed by atoms with Gasteiger partial charge in [-0.1, -0.05) is 0 Å². The molecule has 0 spiro atoms. The molecule has 2 fully saturated rings. The lowest BCUT2D eigenvalue weighted by Crippen LogP contribution is -2.32. The Morgan fingerprint density at radius 3 is 2.62 bits per heavy atom. The molecule has 21 heavy (non-hydrogen) atoms. The first-order valence-electron chi connectivity index (χ1n) is 7.46. The summed E-state index contributed by atoms with van der Waals surface area (Å²) in [5.41, 5.74) is 0.328. The van der Waals surface area contributed by atoms with E-state index in [0.29, 0.717) is 30.8 Å². The number of ketones is 1. The van der Waals surface area contributed by atoms with Crippen molar-refractivity contribution in [3.05, 3.63) is 29.6 Å². The lowest BCUT2D eigenvalue weighted by Gasteiger charge is -2.26. The summed E-state index contributed by atoms with van der Waals surface area (Å²) in [6.07, 6.45) is 3.21. The van der Waals surface area contributed by atoms with Crippen LogP contribution in [0.2, 0.25) is 0 Å². The number of ether oxygens (including phenoxy) is 1. The van der Waals surface area contributed by atoms with Gasteiger partial charge < -0.3 is 4.74 Å². The van der Waals surface area contributed by atoms with Gasteiger partial charge in [0.25, 0.3) is 0 Å². The zero-order valence-electron chi connectivity index (χ0n) is 12.0. The maximum atomic E-state index is 13.5. The van der Waals surface area contributed by atoms with Crippen molar-refractivity contribution >= 4 is 16.6 Å². The van der Waals surface area contributed by atoms with Gasteiger partial charge in [0.1, 0.15) is 11.6 Å². The minimum Gasteiger partial charge on any atom is -0.493 e. The quantitative estimate of drug-likeness (QED) is 0.803. The maximum absolute atomic E-state index is 13.5. The molecule has 2 atom stereocenters. The van der Waals surface area contributed by atoms with E-state index in [9.17, 15) is 13.4 Å². The van der Waals surface area contributed by atoms with Crippen LogP contribution >= 0.6 is 0 Å². The standard InChI is InChI=1S/C16H19FO3S/c1-2-20-15-6-3-11(17)9-14(15)16(18)10-7-12-4-5-13(8-10)21(12)19/h3,6,9-10,12-13H,2,4-5,7-8H2,1H3. The third-order valence-corrected chi connectivity index (χ3v) is 6.61. The van der Waals surface area contributed by atoms with Gasteiger partial charge in [-0.15, -0.1) is 0 Å². The maximum Gasteiger partial charge on any atom is 0.169 e. The van der Waals surface area contributed by atoms with E-state index in [4.69, 9.17) is 4.74 Å². The Bertz CT molecular complexity index is 571. The van der Waals surface area contributed by atoms with Crippen molar-refractivity contribution in [3.8, 4) is 5.75 Å². The first-order valence-corrected chi connectivity index (χ1v) is 8.73. The molecule has 3 nitrogen and oxygen atoms in total. The van der Waals surface area contributed by atoms with E-state index in [0.717, 1.165) is 12.8 Å². The number of benzene rings is 1. The molecule has 5 heteroatoms. The molecule has 2 heterocycles. The number of hydrogen-bond acceptors (Lipinski definition) is 3. The highest BCUT2D eigenvalue weighted by atomic mass is 32.2. The average Bonchev–Trinajstić information content (AvgIpc) is 2.70. The zero-order valence-corrected chi connectivity index (χ0v) is 12.8. The van der Waals surface area contributed by atoms with Crippen LogP contribution in [0.25, 0.3) is 0 Å². The highest BCUT2D eigenvalue weighted by Crippen LogP contribution is 2.40. The summed E-state index contributed by atoms with van der Waals surface area (Å²) in [5, 5.41) is 0.281. The van der Waals surface area contributed by atoms with Gasteiger partial charge >= 0.3 is 0 Å². The topological polar surface area (TPSA) is 43.4 Å². The molecule has 114 valence electrons. The third-order valence-electron chi connectivity index (χ3n) is 4.44. The zero-order chi connectivity index (χ0) is 15.0. The monoisotopic (exact) mass is 310 g/mol. The van der Waals surface area contributed by atoms with Crippen LogP contribution in [-0.4, -0.2) is 27.1 Å². The van der Waals surface area contributed by atoms with Crippen LogP contribution in [0, 0.1) is 11.7 Å². The normalized spacial score (nSPS) is 31.1. The molecule has 1 aromatic rings. The van der Waals surface area contributed by atoms with E-state index in [1.165, 1.54) is 18.2 Å². The molecule has 0 radical (unpaired) electrons. The first kappa shape index (κ1) is 14.7. The highest BCUT2D eigenvalue weighted by molar-refractivity contribution is 7.86. The average molecular weight is 310 g/mol. The van der Waals surface area contributed by atoms with Crippen molar-refractivity contribution in [1.82, 2.24) is 0 Å². The number of carbonyl (C=O) groups is 1. The van der Waals surface area contributed by atoms with Crippen LogP contribution in [0.3, 0.4) is 0 Å². The van der Waals surface area contributed by atoms with Gasteiger partial charge in [0.15, 0.2) is 5.78 Å². The Kier molecular flexibility index (Phi) is 4.11. The summed E-state index contributed by atoms with van der Waals surface area (Å²) >= 11 is 0. The number of fused-ring (bicyclic) bond motifs is 2. The Labute approximate surface area is 126 Å². The van der Waals surface area contributed by atoms with Crippen LogP contribution < -0.4 is 4.74 Å². The number of hydrogen-bond donors (Lipinski definition) is 0. The first-order chi connectivity index (χ1) is 10.1. The summed E-state index contributed by atoms with van der Waals surface area (Å²) in [4.78, 5) is 12.7. The number of halogens is 1. The molecule has 2 unspecified atom stereocenters. The van der Waals surface area contributed by atoms with Gasteiger partial charge in [-0.05, 0) is 50.8 Å². The lowest BCUT2D eigenvalue weighted by molar-refractivity contribution is 0.0901. The van der Waals surface area contributed by atoms with Gasteiger partial charge in [-0.25, -0.2) is 4.39 Å². The Morgan fingerprint density at radius 2 is 2.00 bits per heavy atom. The second-order valence-electron chi connectivity index (χ2n) is 5.76. The van der Waals surface area contributed by atoms with Crippen molar-refractivity contribution in [2.45, 2.75) is 43.1 Å². The Balaban J connectivity index is 1.85. The minimum absolute atomic E-state index is 0.0634.